The lowest BCUT2D eigenvalue weighted by molar-refractivity contribution is -0.124. The van der Waals surface area contributed by atoms with Gasteiger partial charge in [0.05, 0.1) is 0 Å². The summed E-state index contributed by atoms with van der Waals surface area (Å²) in [4.78, 5) is 12.0. The first-order valence-electron chi connectivity index (χ1n) is 8.10. The number of amides is 1. The molecule has 1 amide bonds. The van der Waals surface area contributed by atoms with Crippen LogP contribution in [0.2, 0.25) is 0 Å². The lowest BCUT2D eigenvalue weighted by Gasteiger charge is -2.28. The van der Waals surface area contributed by atoms with E-state index in [0.717, 1.165) is 25.1 Å². The van der Waals surface area contributed by atoms with Crippen LogP contribution < -0.4 is 15.4 Å². The van der Waals surface area contributed by atoms with Crippen LogP contribution in [0.4, 0.5) is 0 Å². The Balaban J connectivity index is 1.78. The molecule has 122 valence electrons. The van der Waals surface area contributed by atoms with Crippen molar-refractivity contribution in [3.63, 3.8) is 0 Å². The molecule has 0 aliphatic carbocycles. The molecule has 2 unspecified atom stereocenters. The summed E-state index contributed by atoms with van der Waals surface area (Å²) >= 11 is 0. The quantitative estimate of drug-likeness (QED) is 0.899. The van der Waals surface area contributed by atoms with E-state index in [0.29, 0.717) is 6.04 Å². The van der Waals surface area contributed by atoms with Gasteiger partial charge in [0, 0.05) is 12.1 Å². The van der Waals surface area contributed by atoms with Crippen molar-refractivity contribution in [3.05, 3.63) is 29.8 Å². The van der Waals surface area contributed by atoms with E-state index in [2.05, 4.69) is 50.5 Å². The number of carbonyl (C=O) groups excluding carboxylic acids is 1. The van der Waals surface area contributed by atoms with Gasteiger partial charge in [0.25, 0.3) is 5.91 Å². The molecular weight excluding hydrogens is 276 g/mol. The Morgan fingerprint density at radius 2 is 2.00 bits per heavy atom. The lowest BCUT2D eigenvalue weighted by Crippen LogP contribution is -2.47. The van der Waals surface area contributed by atoms with Gasteiger partial charge in [-0.3, -0.25) is 4.79 Å². The van der Waals surface area contributed by atoms with Crippen LogP contribution in [0.25, 0.3) is 0 Å². The van der Waals surface area contributed by atoms with Crippen molar-refractivity contribution in [1.29, 1.82) is 0 Å². The van der Waals surface area contributed by atoms with Gasteiger partial charge < -0.3 is 15.4 Å². The van der Waals surface area contributed by atoms with Crippen LogP contribution in [0.3, 0.4) is 0 Å². The van der Waals surface area contributed by atoms with E-state index in [-0.39, 0.29) is 24.0 Å². The molecule has 4 nitrogen and oxygen atoms in total. The van der Waals surface area contributed by atoms with Crippen molar-refractivity contribution in [3.8, 4) is 5.75 Å². The van der Waals surface area contributed by atoms with E-state index in [9.17, 15) is 4.79 Å². The van der Waals surface area contributed by atoms with Gasteiger partial charge in [-0.2, -0.15) is 0 Å². The van der Waals surface area contributed by atoms with Gasteiger partial charge in [-0.25, -0.2) is 0 Å². The summed E-state index contributed by atoms with van der Waals surface area (Å²) in [6.07, 6.45) is 1.96. The molecule has 1 aromatic carbocycles. The Labute approximate surface area is 133 Å². The molecule has 0 bridgehead atoms. The van der Waals surface area contributed by atoms with E-state index in [4.69, 9.17) is 4.74 Å². The number of hydrogen-bond acceptors (Lipinski definition) is 3. The van der Waals surface area contributed by atoms with Gasteiger partial charge in [0.1, 0.15) is 5.75 Å². The summed E-state index contributed by atoms with van der Waals surface area (Å²) in [6, 6.07) is 8.70. The van der Waals surface area contributed by atoms with Crippen molar-refractivity contribution in [2.75, 3.05) is 13.2 Å². The highest BCUT2D eigenvalue weighted by Crippen LogP contribution is 2.24. The Bertz CT molecular complexity index is 491. The van der Waals surface area contributed by atoms with Gasteiger partial charge in [0.2, 0.25) is 0 Å². The van der Waals surface area contributed by atoms with Gasteiger partial charge in [0.15, 0.2) is 6.61 Å². The third-order valence-corrected chi connectivity index (χ3v) is 4.08. The first-order chi connectivity index (χ1) is 10.3. The highest BCUT2D eigenvalue weighted by molar-refractivity contribution is 5.77. The second-order valence-corrected chi connectivity index (χ2v) is 7.21. The SMILES string of the molecule is CC1CC(NC(=O)COc2ccc(C(C)(C)C)cc2)CCN1. The van der Waals surface area contributed by atoms with E-state index in [1.807, 2.05) is 12.1 Å². The Hall–Kier alpha value is -1.55. The predicted molar refractivity (Wildman–Crippen MR) is 89.3 cm³/mol. The molecule has 1 aliphatic rings. The maximum absolute atomic E-state index is 12.0. The van der Waals surface area contributed by atoms with Crippen molar-refractivity contribution in [2.24, 2.45) is 0 Å². The zero-order valence-electron chi connectivity index (χ0n) is 14.1. The Morgan fingerprint density at radius 1 is 1.32 bits per heavy atom. The largest absolute Gasteiger partial charge is 0.484 e. The molecule has 0 spiro atoms. The Kier molecular flexibility index (Phi) is 5.46. The number of hydrogen-bond donors (Lipinski definition) is 2. The van der Waals surface area contributed by atoms with Crippen LogP contribution in [0.15, 0.2) is 24.3 Å². The number of benzene rings is 1. The number of ether oxygens (including phenoxy) is 1. The van der Waals surface area contributed by atoms with E-state index >= 15 is 0 Å². The van der Waals surface area contributed by atoms with Gasteiger partial charge >= 0.3 is 0 Å². The molecule has 0 radical (unpaired) electrons. The third kappa shape index (κ3) is 5.02. The zero-order chi connectivity index (χ0) is 16.2. The summed E-state index contributed by atoms with van der Waals surface area (Å²) in [5.74, 6) is 0.695. The summed E-state index contributed by atoms with van der Waals surface area (Å²) < 4.78 is 5.58. The number of rotatable bonds is 4. The fraction of sp³-hybridized carbons (Fsp3) is 0.611. The van der Waals surface area contributed by atoms with E-state index < -0.39 is 0 Å². The van der Waals surface area contributed by atoms with Crippen LogP contribution in [0, 0.1) is 0 Å². The molecule has 22 heavy (non-hydrogen) atoms. The number of nitrogens with one attached hydrogen (secondary N) is 2. The molecule has 2 rings (SSSR count). The fourth-order valence-electron chi connectivity index (χ4n) is 2.73. The van der Waals surface area contributed by atoms with Crippen molar-refractivity contribution >= 4 is 5.91 Å². The van der Waals surface area contributed by atoms with Crippen molar-refractivity contribution in [1.82, 2.24) is 10.6 Å². The average molecular weight is 304 g/mol. The molecule has 1 saturated heterocycles. The normalized spacial score (nSPS) is 22.2. The van der Waals surface area contributed by atoms with Crippen LogP contribution >= 0.6 is 0 Å². The van der Waals surface area contributed by atoms with E-state index in [1.165, 1.54) is 5.56 Å². The minimum absolute atomic E-state index is 0.0426. The molecule has 4 heteroatoms. The fourth-order valence-corrected chi connectivity index (χ4v) is 2.73. The van der Waals surface area contributed by atoms with Crippen LogP contribution in [-0.4, -0.2) is 31.1 Å². The Morgan fingerprint density at radius 3 is 2.59 bits per heavy atom. The van der Waals surface area contributed by atoms with Crippen LogP contribution in [0.5, 0.6) is 5.75 Å². The molecule has 2 atom stereocenters. The minimum atomic E-state index is -0.0426. The summed E-state index contributed by atoms with van der Waals surface area (Å²) in [5, 5.41) is 6.43. The second kappa shape index (κ2) is 7.14. The molecule has 1 heterocycles. The molecule has 1 fully saturated rings. The molecule has 0 aromatic heterocycles. The highest BCUT2D eigenvalue weighted by Gasteiger charge is 2.20. The second-order valence-electron chi connectivity index (χ2n) is 7.21. The van der Waals surface area contributed by atoms with Crippen LogP contribution in [0.1, 0.15) is 46.1 Å². The first-order valence-corrected chi connectivity index (χ1v) is 8.10. The molecule has 2 N–H and O–H groups in total. The maximum Gasteiger partial charge on any atom is 0.258 e. The van der Waals surface area contributed by atoms with Gasteiger partial charge in [-0.05, 0) is 49.4 Å². The van der Waals surface area contributed by atoms with Crippen LogP contribution in [-0.2, 0) is 10.2 Å². The molecule has 0 saturated carbocycles. The van der Waals surface area contributed by atoms with Crippen molar-refractivity contribution in [2.45, 2.75) is 58.0 Å². The summed E-state index contributed by atoms with van der Waals surface area (Å²) in [6.45, 7) is 9.71. The monoisotopic (exact) mass is 304 g/mol. The highest BCUT2D eigenvalue weighted by atomic mass is 16.5. The number of piperidine rings is 1. The maximum atomic E-state index is 12.0. The predicted octanol–water partition coefficient (Wildman–Crippen LogP) is 2.62. The lowest BCUT2D eigenvalue weighted by atomic mass is 9.87. The van der Waals surface area contributed by atoms with E-state index in [1.54, 1.807) is 0 Å². The smallest absolute Gasteiger partial charge is 0.258 e. The number of carbonyl (C=O) groups is 1. The first kappa shape index (κ1) is 16.8. The third-order valence-electron chi connectivity index (χ3n) is 4.08. The summed E-state index contributed by atoms with van der Waals surface area (Å²) in [5.41, 5.74) is 1.38. The van der Waals surface area contributed by atoms with Gasteiger partial charge in [-0.1, -0.05) is 32.9 Å². The molecule has 1 aliphatic heterocycles. The molecule has 1 aromatic rings. The molecular formula is C18H28N2O2. The summed E-state index contributed by atoms with van der Waals surface area (Å²) in [7, 11) is 0. The van der Waals surface area contributed by atoms with Gasteiger partial charge in [-0.15, -0.1) is 0 Å². The van der Waals surface area contributed by atoms with Crippen molar-refractivity contribution < 1.29 is 9.53 Å². The average Bonchev–Trinajstić information content (AvgIpc) is 2.45. The zero-order valence-corrected chi connectivity index (χ0v) is 14.1. The minimum Gasteiger partial charge on any atom is -0.484 e. The standard InChI is InChI=1S/C18H28N2O2/c1-13-11-15(9-10-19-13)20-17(21)12-22-16-7-5-14(6-8-16)18(2,3)4/h5-8,13,15,19H,9-12H2,1-4H3,(H,20,21). The topological polar surface area (TPSA) is 50.4 Å².